The highest BCUT2D eigenvalue weighted by molar-refractivity contribution is 5.83. The summed E-state index contributed by atoms with van der Waals surface area (Å²) in [5.41, 5.74) is 2.84. The lowest BCUT2D eigenvalue weighted by atomic mass is 9.88. The predicted octanol–water partition coefficient (Wildman–Crippen LogP) is 1.62. The molecule has 2 heteroatoms. The summed E-state index contributed by atoms with van der Waals surface area (Å²) in [4.78, 5) is 11.1. The number of carbonyl (C=O) groups is 1. The third-order valence-corrected chi connectivity index (χ3v) is 2.43. The molecule has 13 heavy (non-hydrogen) atoms. The maximum Gasteiger partial charge on any atom is 0.137 e. The van der Waals surface area contributed by atoms with Crippen molar-refractivity contribution in [2.75, 3.05) is 0 Å². The number of carbonyl (C=O) groups excluding carboxylic acids is 1. The molecular weight excluding hydrogens is 162 g/mol. The van der Waals surface area contributed by atoms with E-state index in [0.717, 1.165) is 23.1 Å². The minimum Gasteiger partial charge on any atom is -0.299 e. The van der Waals surface area contributed by atoms with Crippen LogP contribution in [0.25, 0.3) is 0 Å². The molecule has 0 fully saturated rings. The van der Waals surface area contributed by atoms with Crippen LogP contribution in [0.15, 0.2) is 18.2 Å². The van der Waals surface area contributed by atoms with Crippen LogP contribution < -0.4 is 0 Å². The Kier molecular flexibility index (Phi) is 1.86. The van der Waals surface area contributed by atoms with Gasteiger partial charge in [-0.3, -0.25) is 4.79 Å². The van der Waals surface area contributed by atoms with Crippen molar-refractivity contribution in [3.8, 4) is 6.07 Å². The second kappa shape index (κ2) is 3.02. The molecule has 0 heterocycles. The van der Waals surface area contributed by atoms with Crippen molar-refractivity contribution in [2.24, 2.45) is 0 Å². The van der Waals surface area contributed by atoms with E-state index in [0.29, 0.717) is 12.8 Å². The number of hydrogen-bond acceptors (Lipinski definition) is 2. The molecule has 0 aromatic heterocycles. The third-order valence-electron chi connectivity index (χ3n) is 2.43. The lowest BCUT2D eigenvalue weighted by molar-refractivity contribution is -0.118. The van der Waals surface area contributed by atoms with Gasteiger partial charge in [0, 0.05) is 12.8 Å². The number of ketones is 1. The van der Waals surface area contributed by atoms with E-state index in [2.05, 4.69) is 6.07 Å². The molecule has 0 saturated carbocycles. The Morgan fingerprint density at radius 1 is 1.31 bits per heavy atom. The van der Waals surface area contributed by atoms with E-state index < -0.39 is 0 Å². The van der Waals surface area contributed by atoms with Crippen molar-refractivity contribution in [1.82, 2.24) is 0 Å². The third kappa shape index (κ3) is 1.33. The topological polar surface area (TPSA) is 40.9 Å². The minimum atomic E-state index is 0.280. The summed E-state index contributed by atoms with van der Waals surface area (Å²) in [6.07, 6.45) is 1.83. The monoisotopic (exact) mass is 171 g/mol. The molecular formula is C11H9NO. The summed E-state index contributed by atoms with van der Waals surface area (Å²) in [5.74, 6) is 0.280. The van der Waals surface area contributed by atoms with E-state index in [1.54, 1.807) is 0 Å². The first-order valence-electron chi connectivity index (χ1n) is 4.34. The maximum atomic E-state index is 11.1. The Morgan fingerprint density at radius 2 is 2.15 bits per heavy atom. The number of rotatable bonds is 0. The van der Waals surface area contributed by atoms with Crippen LogP contribution in [0.4, 0.5) is 0 Å². The van der Waals surface area contributed by atoms with Crippen LogP contribution in [-0.4, -0.2) is 5.78 Å². The van der Waals surface area contributed by atoms with Crippen LogP contribution in [0.1, 0.15) is 23.1 Å². The normalized spacial score (nSPS) is 14.8. The molecule has 1 aromatic carbocycles. The van der Waals surface area contributed by atoms with Gasteiger partial charge in [0.05, 0.1) is 11.6 Å². The predicted molar refractivity (Wildman–Crippen MR) is 48.2 cm³/mol. The largest absolute Gasteiger partial charge is 0.299 e. The molecule has 0 amide bonds. The molecule has 0 N–H and O–H groups in total. The fourth-order valence-electron chi connectivity index (χ4n) is 1.77. The first kappa shape index (κ1) is 8.00. The summed E-state index contributed by atoms with van der Waals surface area (Å²) in [7, 11) is 0. The van der Waals surface area contributed by atoms with Crippen molar-refractivity contribution in [3.05, 3.63) is 34.9 Å². The Hall–Kier alpha value is -1.62. The van der Waals surface area contributed by atoms with Gasteiger partial charge in [-0.25, -0.2) is 0 Å². The smallest absolute Gasteiger partial charge is 0.137 e. The molecule has 0 bridgehead atoms. The Labute approximate surface area is 76.8 Å². The molecule has 0 radical (unpaired) electrons. The summed E-state index contributed by atoms with van der Waals surface area (Å²) >= 11 is 0. The van der Waals surface area contributed by atoms with Gasteiger partial charge in [0.25, 0.3) is 0 Å². The van der Waals surface area contributed by atoms with Gasteiger partial charge in [0.1, 0.15) is 5.78 Å². The number of Topliss-reactive ketones (excluding diaryl/α,β-unsaturated/α-hetero) is 1. The molecule has 64 valence electrons. The first-order valence-corrected chi connectivity index (χ1v) is 4.34. The molecule has 2 nitrogen and oxygen atoms in total. The highest BCUT2D eigenvalue weighted by Gasteiger charge is 2.17. The lowest BCUT2D eigenvalue weighted by Crippen LogP contribution is -2.14. The molecule has 1 aromatic rings. The maximum absolute atomic E-state index is 11.1. The summed E-state index contributed by atoms with van der Waals surface area (Å²) < 4.78 is 0. The number of hydrogen-bond donors (Lipinski definition) is 0. The number of benzene rings is 1. The molecule has 2 rings (SSSR count). The quantitative estimate of drug-likeness (QED) is 0.595. The fourth-order valence-corrected chi connectivity index (χ4v) is 1.77. The molecule has 0 aliphatic heterocycles. The van der Waals surface area contributed by atoms with E-state index >= 15 is 0 Å². The summed E-state index contributed by atoms with van der Waals surface area (Å²) in [6.45, 7) is 0. The Balaban J connectivity index is 2.53. The average molecular weight is 171 g/mol. The van der Waals surface area contributed by atoms with Crippen LogP contribution in [0.5, 0.6) is 0 Å². The number of nitrogens with zero attached hydrogens (tertiary/aromatic N) is 1. The van der Waals surface area contributed by atoms with E-state index in [-0.39, 0.29) is 5.78 Å². The van der Waals surface area contributed by atoms with E-state index in [1.165, 1.54) is 0 Å². The molecule has 1 aliphatic carbocycles. The van der Waals surface area contributed by atoms with Crippen LogP contribution >= 0.6 is 0 Å². The molecule has 0 unspecified atom stereocenters. The highest BCUT2D eigenvalue weighted by Crippen LogP contribution is 2.21. The Bertz CT molecular complexity index is 401. The molecule has 0 spiro atoms. The molecule has 0 atom stereocenters. The van der Waals surface area contributed by atoms with Gasteiger partial charge >= 0.3 is 0 Å². The summed E-state index contributed by atoms with van der Waals surface area (Å²) in [6, 6.07) is 7.75. The van der Waals surface area contributed by atoms with Crippen molar-refractivity contribution in [1.29, 1.82) is 5.26 Å². The first-order chi connectivity index (χ1) is 6.31. The van der Waals surface area contributed by atoms with Gasteiger partial charge in [0.15, 0.2) is 0 Å². The zero-order valence-electron chi connectivity index (χ0n) is 7.21. The van der Waals surface area contributed by atoms with E-state index in [9.17, 15) is 4.79 Å². The van der Waals surface area contributed by atoms with Crippen molar-refractivity contribution < 1.29 is 4.79 Å². The minimum absolute atomic E-state index is 0.280. The second-order valence-corrected chi connectivity index (χ2v) is 3.27. The molecule has 0 saturated heterocycles. The van der Waals surface area contributed by atoms with Crippen LogP contribution in [0.3, 0.4) is 0 Å². The van der Waals surface area contributed by atoms with Gasteiger partial charge in [-0.1, -0.05) is 12.1 Å². The van der Waals surface area contributed by atoms with Crippen molar-refractivity contribution in [3.63, 3.8) is 0 Å². The van der Waals surface area contributed by atoms with Gasteiger partial charge in [-0.2, -0.15) is 5.26 Å². The van der Waals surface area contributed by atoms with Crippen LogP contribution in [-0.2, 0) is 17.6 Å². The standard InChI is InChI=1S/C11H9NO/c12-7-9-3-1-2-8-6-10(13)4-5-11(8)9/h1-3H,4-6H2. The summed E-state index contributed by atoms with van der Waals surface area (Å²) in [5, 5.41) is 8.82. The van der Waals surface area contributed by atoms with E-state index in [4.69, 9.17) is 5.26 Å². The van der Waals surface area contributed by atoms with Gasteiger partial charge in [0.2, 0.25) is 0 Å². The number of fused-ring (bicyclic) bond motifs is 1. The van der Waals surface area contributed by atoms with Gasteiger partial charge in [-0.15, -0.1) is 0 Å². The van der Waals surface area contributed by atoms with Crippen LogP contribution in [0.2, 0.25) is 0 Å². The van der Waals surface area contributed by atoms with Crippen LogP contribution in [0, 0.1) is 11.3 Å². The lowest BCUT2D eigenvalue weighted by Gasteiger charge is -2.15. The SMILES string of the molecule is N#Cc1cccc2c1CCC(=O)C2. The zero-order chi connectivity index (χ0) is 9.26. The molecule has 1 aliphatic rings. The zero-order valence-corrected chi connectivity index (χ0v) is 7.21. The van der Waals surface area contributed by atoms with E-state index in [1.807, 2.05) is 18.2 Å². The Morgan fingerprint density at radius 3 is 2.92 bits per heavy atom. The average Bonchev–Trinajstić information content (AvgIpc) is 2.16. The van der Waals surface area contributed by atoms with Crippen molar-refractivity contribution >= 4 is 5.78 Å². The highest BCUT2D eigenvalue weighted by atomic mass is 16.1. The second-order valence-electron chi connectivity index (χ2n) is 3.27. The van der Waals surface area contributed by atoms with Crippen molar-refractivity contribution in [2.45, 2.75) is 19.3 Å². The van der Waals surface area contributed by atoms with Gasteiger partial charge in [-0.05, 0) is 23.6 Å². The fraction of sp³-hybridized carbons (Fsp3) is 0.273. The number of nitriles is 1. The van der Waals surface area contributed by atoms with Gasteiger partial charge < -0.3 is 0 Å².